The third kappa shape index (κ3) is 12.3. The van der Waals surface area contributed by atoms with Gasteiger partial charge in [0.05, 0.1) is 20.8 Å². The van der Waals surface area contributed by atoms with Crippen LogP contribution in [0.4, 0.5) is 0 Å². The summed E-state index contributed by atoms with van der Waals surface area (Å²) in [6, 6.07) is 14.2. The number of rotatable bonds is 17. The molecule has 0 saturated carbocycles. The topological polar surface area (TPSA) is 293 Å². The molecule has 5 rings (SSSR count). The first-order chi connectivity index (χ1) is 30.1. The van der Waals surface area contributed by atoms with Gasteiger partial charge in [-0.25, -0.2) is 14.4 Å². The molecule has 0 aliphatic carbocycles. The fourth-order valence-corrected chi connectivity index (χ4v) is 6.31. The van der Waals surface area contributed by atoms with Crippen molar-refractivity contribution in [2.75, 3.05) is 34.0 Å². The molecule has 0 radical (unpaired) electrons. The van der Waals surface area contributed by atoms with Crippen molar-refractivity contribution in [2.45, 2.75) is 61.7 Å². The molecule has 3 aromatic carbocycles. The highest BCUT2D eigenvalue weighted by molar-refractivity contribution is 5.88. The summed E-state index contributed by atoms with van der Waals surface area (Å²) in [5.41, 5.74) is 1.28. The number of methoxy groups -OCH3 is 2. The second-order valence-electron chi connectivity index (χ2n) is 13.9. The van der Waals surface area contributed by atoms with Crippen LogP contribution in [-0.4, -0.2) is 148 Å². The number of carbonyl (C=O) groups is 4. The van der Waals surface area contributed by atoms with Crippen LogP contribution in [0.15, 0.2) is 78.9 Å². The molecule has 0 spiro atoms. The SMILES string of the molecule is COc1cc(C=CC(=O)OCC2OC(COC(=O)C=Cc3ccc(O)cc3)(OC3OC(CO)C(O)C(O)C3OC(C)=O)C(O)C2OC(=O)C=Cc2ccc(O)c(OC)c2)ccc1O. The van der Waals surface area contributed by atoms with Crippen molar-refractivity contribution in [2.24, 2.45) is 0 Å². The van der Waals surface area contributed by atoms with Gasteiger partial charge in [-0.05, 0) is 71.3 Å². The van der Waals surface area contributed by atoms with Gasteiger partial charge in [0.25, 0.3) is 0 Å². The molecule has 2 aliphatic heterocycles. The van der Waals surface area contributed by atoms with Crippen LogP contribution in [0.25, 0.3) is 18.2 Å². The molecule has 2 aliphatic rings. The van der Waals surface area contributed by atoms with Crippen LogP contribution in [0, 0.1) is 0 Å². The first-order valence-corrected chi connectivity index (χ1v) is 19.0. The van der Waals surface area contributed by atoms with Gasteiger partial charge in [0.15, 0.2) is 41.3 Å². The Labute approximate surface area is 359 Å². The van der Waals surface area contributed by atoms with Crippen molar-refractivity contribution >= 4 is 42.1 Å². The van der Waals surface area contributed by atoms with E-state index in [-0.39, 0.29) is 28.7 Å². The number of aliphatic hydroxyl groups is 4. The maximum absolute atomic E-state index is 13.4. The molecule has 0 bridgehead atoms. The third-order valence-corrected chi connectivity index (χ3v) is 9.52. The Morgan fingerprint density at radius 2 is 1.22 bits per heavy atom. The second-order valence-corrected chi connectivity index (χ2v) is 13.9. The van der Waals surface area contributed by atoms with Gasteiger partial charge in [0, 0.05) is 25.2 Å². The second kappa shape index (κ2) is 21.5. The number of ether oxygens (including phenoxy) is 9. The van der Waals surface area contributed by atoms with Gasteiger partial charge in [-0.2, -0.15) is 0 Å². The lowest BCUT2D eigenvalue weighted by molar-refractivity contribution is -0.383. The number of phenols is 3. The van der Waals surface area contributed by atoms with Crippen molar-refractivity contribution in [3.05, 3.63) is 95.6 Å². The number of carbonyl (C=O) groups excluding carboxylic acids is 4. The Balaban J connectivity index is 1.48. The van der Waals surface area contributed by atoms with Gasteiger partial charge < -0.3 is 78.4 Å². The molecule has 2 saturated heterocycles. The Hall–Kier alpha value is -6.52. The fourth-order valence-electron chi connectivity index (χ4n) is 6.31. The predicted molar refractivity (Wildman–Crippen MR) is 214 cm³/mol. The van der Waals surface area contributed by atoms with Gasteiger partial charge in [-0.15, -0.1) is 0 Å². The maximum atomic E-state index is 13.4. The predicted octanol–water partition coefficient (Wildman–Crippen LogP) is 1.10. The zero-order valence-corrected chi connectivity index (χ0v) is 33.9. The van der Waals surface area contributed by atoms with Crippen molar-refractivity contribution in [3.63, 3.8) is 0 Å². The molecule has 9 unspecified atom stereocenters. The van der Waals surface area contributed by atoms with Crippen LogP contribution >= 0.6 is 0 Å². The summed E-state index contributed by atoms with van der Waals surface area (Å²) in [5, 5.41) is 73.0. The summed E-state index contributed by atoms with van der Waals surface area (Å²) < 4.78 is 49.7. The maximum Gasteiger partial charge on any atom is 0.331 e. The summed E-state index contributed by atoms with van der Waals surface area (Å²) in [7, 11) is 2.66. The van der Waals surface area contributed by atoms with Crippen LogP contribution in [0.3, 0.4) is 0 Å². The van der Waals surface area contributed by atoms with Crippen LogP contribution in [0.1, 0.15) is 23.6 Å². The highest BCUT2D eigenvalue weighted by Crippen LogP contribution is 2.39. The van der Waals surface area contributed by atoms with Crippen LogP contribution in [-0.2, 0) is 52.3 Å². The number of aromatic hydroxyl groups is 3. The minimum Gasteiger partial charge on any atom is -0.508 e. The number of hydrogen-bond donors (Lipinski definition) is 7. The Kier molecular flexibility index (Phi) is 16.2. The van der Waals surface area contributed by atoms with Gasteiger partial charge in [-0.1, -0.05) is 24.3 Å². The smallest absolute Gasteiger partial charge is 0.331 e. The average molecular weight is 883 g/mol. The quantitative estimate of drug-likeness (QED) is 0.0567. The summed E-state index contributed by atoms with van der Waals surface area (Å²) in [6.45, 7) is -1.73. The normalized spacial score (nSPS) is 25.8. The van der Waals surface area contributed by atoms with Crippen molar-refractivity contribution in [1.82, 2.24) is 0 Å². The summed E-state index contributed by atoms with van der Waals surface area (Å²) in [4.78, 5) is 51.6. The molecule has 2 heterocycles. The molecule has 0 aromatic heterocycles. The molecule has 9 atom stereocenters. The van der Waals surface area contributed by atoms with E-state index in [0.717, 1.165) is 25.2 Å². The standard InChI is InChI=1S/C43H46O20/c1-23(45)59-40-38(53)37(52)32(20-44)60-42(40)63-43(22-58-35(50)15-8-24-4-11-27(46)12-5-24)41(54)39(61-36(51)17-10-26-7-14-29(48)31(19-26)56-3)33(62-43)21-57-34(49)16-9-25-6-13-28(47)30(18-25)55-2/h4-19,32-33,37-42,44,46-48,52-54H,20-22H2,1-3H3. The third-order valence-electron chi connectivity index (χ3n) is 9.52. The molecule has 20 heteroatoms. The number of aliphatic hydroxyl groups excluding tert-OH is 4. The lowest BCUT2D eigenvalue weighted by Crippen LogP contribution is -2.63. The Bertz CT molecular complexity index is 2170. The average Bonchev–Trinajstić information content (AvgIpc) is 3.52. The highest BCUT2D eigenvalue weighted by atomic mass is 16.8. The minimum absolute atomic E-state index is 0.0279. The molecule has 20 nitrogen and oxygen atoms in total. The monoisotopic (exact) mass is 882 g/mol. The molecule has 338 valence electrons. The van der Waals surface area contributed by atoms with Gasteiger partial charge in [0.1, 0.15) is 43.4 Å². The summed E-state index contributed by atoms with van der Waals surface area (Å²) >= 11 is 0. The number of esters is 4. The Morgan fingerprint density at radius 1 is 0.683 bits per heavy atom. The fraction of sp³-hybridized carbons (Fsp3) is 0.349. The van der Waals surface area contributed by atoms with E-state index in [0.29, 0.717) is 16.7 Å². The number of phenolic OH excluding ortho intramolecular Hbond substituents is 3. The van der Waals surface area contributed by atoms with Crippen LogP contribution < -0.4 is 9.47 Å². The van der Waals surface area contributed by atoms with E-state index in [4.69, 9.17) is 42.6 Å². The number of hydrogen-bond acceptors (Lipinski definition) is 20. The van der Waals surface area contributed by atoms with E-state index in [2.05, 4.69) is 0 Å². The molecular formula is C43H46O20. The zero-order chi connectivity index (χ0) is 45.8. The summed E-state index contributed by atoms with van der Waals surface area (Å²) in [5.74, 6) is -6.89. The van der Waals surface area contributed by atoms with Gasteiger partial charge in [-0.3, -0.25) is 4.79 Å². The largest absolute Gasteiger partial charge is 0.508 e. The van der Waals surface area contributed by atoms with E-state index in [1.165, 1.54) is 93.1 Å². The van der Waals surface area contributed by atoms with Crippen molar-refractivity contribution in [1.29, 1.82) is 0 Å². The molecular weight excluding hydrogens is 836 g/mol. The first kappa shape index (κ1) is 47.5. The minimum atomic E-state index is -2.68. The van der Waals surface area contributed by atoms with E-state index in [9.17, 15) is 54.9 Å². The van der Waals surface area contributed by atoms with Gasteiger partial charge >= 0.3 is 23.9 Å². The number of benzene rings is 3. The molecule has 7 N–H and O–H groups in total. The van der Waals surface area contributed by atoms with Crippen molar-refractivity contribution < 1.29 is 97.6 Å². The van der Waals surface area contributed by atoms with Crippen LogP contribution in [0.2, 0.25) is 0 Å². The van der Waals surface area contributed by atoms with Crippen molar-refractivity contribution in [3.8, 4) is 28.7 Å². The molecule has 2 fully saturated rings. The summed E-state index contributed by atoms with van der Waals surface area (Å²) in [6.07, 6.45) is -7.90. The van der Waals surface area contributed by atoms with Gasteiger partial charge in [0.2, 0.25) is 12.1 Å². The van der Waals surface area contributed by atoms with E-state index in [1.807, 2.05) is 0 Å². The Morgan fingerprint density at radius 3 is 1.78 bits per heavy atom. The lowest BCUT2D eigenvalue weighted by Gasteiger charge is -2.44. The lowest BCUT2D eigenvalue weighted by atomic mass is 9.98. The molecule has 0 amide bonds. The van der Waals surface area contributed by atoms with E-state index in [1.54, 1.807) is 0 Å². The molecule has 63 heavy (non-hydrogen) atoms. The zero-order valence-electron chi connectivity index (χ0n) is 33.9. The molecule has 3 aromatic rings. The van der Waals surface area contributed by atoms with E-state index < -0.39 is 98.5 Å². The van der Waals surface area contributed by atoms with E-state index >= 15 is 0 Å². The highest BCUT2D eigenvalue weighted by Gasteiger charge is 2.62. The first-order valence-electron chi connectivity index (χ1n) is 19.0. The van der Waals surface area contributed by atoms with Crippen LogP contribution in [0.5, 0.6) is 28.7 Å².